The molecule has 3 rings (SSSR count). The Labute approximate surface area is 147 Å². The number of fused-ring (bicyclic) bond motifs is 1. The molecule has 2 aromatic carbocycles. The maximum atomic E-state index is 13.4. The van der Waals surface area contributed by atoms with Crippen LogP contribution >= 0.6 is 0 Å². The zero-order valence-corrected chi connectivity index (χ0v) is 14.6. The van der Waals surface area contributed by atoms with E-state index in [4.69, 9.17) is 10.5 Å². The zero-order valence-electron chi connectivity index (χ0n) is 14.6. The quantitative estimate of drug-likeness (QED) is 0.878. The van der Waals surface area contributed by atoms with Gasteiger partial charge in [-0.05, 0) is 74.4 Å². The average molecular weight is 342 g/mol. The fourth-order valence-corrected chi connectivity index (χ4v) is 3.49. The van der Waals surface area contributed by atoms with Crippen molar-refractivity contribution in [2.24, 2.45) is 5.73 Å². The summed E-state index contributed by atoms with van der Waals surface area (Å²) in [5.41, 5.74) is 8.17. The van der Waals surface area contributed by atoms with E-state index in [0.29, 0.717) is 12.2 Å². The second kappa shape index (κ2) is 6.94. The minimum atomic E-state index is -0.616. The van der Waals surface area contributed by atoms with Crippen LogP contribution in [0.4, 0.5) is 4.39 Å². The number of halogens is 1. The fraction of sp³-hybridized carbons (Fsp3) is 0.350. The van der Waals surface area contributed by atoms with Gasteiger partial charge in [0.2, 0.25) is 5.91 Å². The summed E-state index contributed by atoms with van der Waals surface area (Å²) in [4.78, 5) is 13.6. The largest absolute Gasteiger partial charge is 0.366 e. The Morgan fingerprint density at radius 3 is 2.60 bits per heavy atom. The summed E-state index contributed by atoms with van der Waals surface area (Å²) in [6.07, 6.45) is 1.71. The summed E-state index contributed by atoms with van der Waals surface area (Å²) in [6.45, 7) is 1.34. The van der Waals surface area contributed by atoms with E-state index >= 15 is 0 Å². The van der Waals surface area contributed by atoms with E-state index in [1.165, 1.54) is 12.1 Å². The Hall–Kier alpha value is -2.24. The standard InChI is InChI=1S/C20H23FN2O2/c1-23(2)11-3-10-20(16-5-7-17(21)8-6-16)18-9-4-14(19(22)24)12-15(18)13-25-20/h4-9,12H,3,10-11,13H2,1-2H3,(H2,22,24)/t20-/m0/s1. The van der Waals surface area contributed by atoms with Crippen LogP contribution in [0.25, 0.3) is 0 Å². The van der Waals surface area contributed by atoms with Crippen molar-refractivity contribution in [3.63, 3.8) is 0 Å². The number of primary amides is 1. The first-order valence-corrected chi connectivity index (χ1v) is 8.40. The van der Waals surface area contributed by atoms with E-state index in [0.717, 1.165) is 36.1 Å². The molecule has 2 N–H and O–H groups in total. The van der Waals surface area contributed by atoms with Gasteiger partial charge in [0.1, 0.15) is 11.4 Å². The highest BCUT2D eigenvalue weighted by Gasteiger charge is 2.41. The lowest BCUT2D eigenvalue weighted by molar-refractivity contribution is -0.0140. The minimum Gasteiger partial charge on any atom is -0.366 e. The molecule has 1 aliphatic heterocycles. The van der Waals surface area contributed by atoms with E-state index in [-0.39, 0.29) is 5.82 Å². The van der Waals surface area contributed by atoms with Gasteiger partial charge >= 0.3 is 0 Å². The molecule has 0 aromatic heterocycles. The molecule has 0 saturated heterocycles. The number of amides is 1. The van der Waals surface area contributed by atoms with Gasteiger partial charge in [-0.3, -0.25) is 4.79 Å². The molecule has 1 amide bonds. The van der Waals surface area contributed by atoms with Crippen LogP contribution in [0.3, 0.4) is 0 Å². The maximum absolute atomic E-state index is 13.4. The molecule has 0 aliphatic carbocycles. The number of nitrogens with two attached hydrogens (primary N) is 1. The molecule has 1 atom stereocenters. The average Bonchev–Trinajstić information content (AvgIpc) is 2.94. The predicted octanol–water partition coefficient (Wildman–Crippen LogP) is 3.04. The predicted molar refractivity (Wildman–Crippen MR) is 94.7 cm³/mol. The van der Waals surface area contributed by atoms with Crippen molar-refractivity contribution in [3.8, 4) is 0 Å². The second-order valence-electron chi connectivity index (χ2n) is 6.77. The Balaban J connectivity index is 2.02. The van der Waals surface area contributed by atoms with Gasteiger partial charge in [0.05, 0.1) is 6.61 Å². The van der Waals surface area contributed by atoms with Gasteiger partial charge in [-0.1, -0.05) is 18.2 Å². The Bertz CT molecular complexity index is 774. The molecular weight excluding hydrogens is 319 g/mol. The monoisotopic (exact) mass is 342 g/mol. The lowest BCUT2D eigenvalue weighted by atomic mass is 9.81. The number of carbonyl (C=O) groups excluding carboxylic acids is 1. The van der Waals surface area contributed by atoms with Gasteiger partial charge in [-0.25, -0.2) is 4.39 Å². The number of carbonyl (C=O) groups is 1. The van der Waals surface area contributed by atoms with Crippen molar-refractivity contribution < 1.29 is 13.9 Å². The summed E-state index contributed by atoms with van der Waals surface area (Å²) in [7, 11) is 4.07. The Kier molecular flexibility index (Phi) is 4.88. The van der Waals surface area contributed by atoms with Crippen molar-refractivity contribution in [1.82, 2.24) is 4.90 Å². The summed E-state index contributed by atoms with van der Waals surface area (Å²) in [5, 5.41) is 0. The number of nitrogens with zero attached hydrogens (tertiary/aromatic N) is 1. The van der Waals surface area contributed by atoms with Crippen molar-refractivity contribution in [2.45, 2.75) is 25.0 Å². The van der Waals surface area contributed by atoms with Gasteiger partial charge in [-0.15, -0.1) is 0 Å². The van der Waals surface area contributed by atoms with Crippen molar-refractivity contribution in [1.29, 1.82) is 0 Å². The van der Waals surface area contributed by atoms with Crippen LogP contribution in [0.15, 0.2) is 42.5 Å². The highest BCUT2D eigenvalue weighted by atomic mass is 19.1. The highest BCUT2D eigenvalue weighted by Crippen LogP contribution is 2.45. The smallest absolute Gasteiger partial charge is 0.248 e. The van der Waals surface area contributed by atoms with Crippen LogP contribution in [0.1, 0.15) is 39.9 Å². The molecule has 0 unspecified atom stereocenters. The summed E-state index contributed by atoms with van der Waals surface area (Å²) in [6, 6.07) is 11.9. The molecule has 5 heteroatoms. The normalized spacial score (nSPS) is 19.2. The molecule has 1 heterocycles. The molecule has 0 saturated carbocycles. The van der Waals surface area contributed by atoms with Crippen molar-refractivity contribution in [3.05, 3.63) is 70.5 Å². The molecular formula is C20H23FN2O2. The fourth-order valence-electron chi connectivity index (χ4n) is 3.49. The van der Waals surface area contributed by atoms with Crippen LogP contribution in [0.2, 0.25) is 0 Å². The van der Waals surface area contributed by atoms with Crippen molar-refractivity contribution in [2.75, 3.05) is 20.6 Å². The number of benzene rings is 2. The van der Waals surface area contributed by atoms with E-state index in [1.807, 2.05) is 20.2 Å². The third kappa shape index (κ3) is 3.43. The first kappa shape index (κ1) is 17.6. The van der Waals surface area contributed by atoms with Gasteiger partial charge in [0.15, 0.2) is 0 Å². The van der Waals surface area contributed by atoms with Crippen molar-refractivity contribution >= 4 is 5.91 Å². The topological polar surface area (TPSA) is 55.6 Å². The molecule has 2 aromatic rings. The van der Waals surface area contributed by atoms with Crippen LogP contribution in [0, 0.1) is 5.82 Å². The zero-order chi connectivity index (χ0) is 18.0. The maximum Gasteiger partial charge on any atom is 0.248 e. The molecule has 0 bridgehead atoms. The lowest BCUT2D eigenvalue weighted by Crippen LogP contribution is -2.28. The molecule has 0 radical (unpaired) electrons. The number of ether oxygens (including phenoxy) is 1. The van der Waals surface area contributed by atoms with Gasteiger partial charge in [-0.2, -0.15) is 0 Å². The summed E-state index contributed by atoms with van der Waals surface area (Å²) >= 11 is 0. The first-order valence-electron chi connectivity index (χ1n) is 8.40. The number of hydrogen-bond acceptors (Lipinski definition) is 3. The minimum absolute atomic E-state index is 0.269. The molecule has 25 heavy (non-hydrogen) atoms. The number of rotatable bonds is 6. The molecule has 4 nitrogen and oxygen atoms in total. The Morgan fingerprint density at radius 2 is 1.96 bits per heavy atom. The molecule has 0 spiro atoms. The second-order valence-corrected chi connectivity index (χ2v) is 6.77. The van der Waals surface area contributed by atoms with Gasteiger partial charge in [0.25, 0.3) is 0 Å². The van der Waals surface area contributed by atoms with Crippen LogP contribution < -0.4 is 5.73 Å². The van der Waals surface area contributed by atoms with E-state index < -0.39 is 11.5 Å². The molecule has 0 fully saturated rings. The summed E-state index contributed by atoms with van der Waals surface area (Å²) < 4.78 is 19.7. The van der Waals surface area contributed by atoms with Crippen LogP contribution in [-0.4, -0.2) is 31.4 Å². The lowest BCUT2D eigenvalue weighted by Gasteiger charge is -2.31. The highest BCUT2D eigenvalue weighted by molar-refractivity contribution is 5.93. The van der Waals surface area contributed by atoms with Crippen LogP contribution in [0.5, 0.6) is 0 Å². The SMILES string of the molecule is CN(C)CCC[C@@]1(c2ccc(F)cc2)OCc2cc(C(N)=O)ccc21. The van der Waals surface area contributed by atoms with E-state index in [1.54, 1.807) is 24.3 Å². The van der Waals surface area contributed by atoms with E-state index in [2.05, 4.69) is 4.90 Å². The third-order valence-corrected chi connectivity index (χ3v) is 4.74. The third-order valence-electron chi connectivity index (χ3n) is 4.74. The number of hydrogen-bond donors (Lipinski definition) is 1. The molecule has 132 valence electrons. The van der Waals surface area contributed by atoms with Gasteiger partial charge < -0.3 is 15.4 Å². The summed E-state index contributed by atoms with van der Waals surface area (Å²) in [5.74, 6) is -0.718. The Morgan fingerprint density at radius 1 is 1.24 bits per heavy atom. The molecule has 1 aliphatic rings. The van der Waals surface area contributed by atoms with Gasteiger partial charge in [0, 0.05) is 5.56 Å². The van der Waals surface area contributed by atoms with Crippen LogP contribution in [-0.2, 0) is 16.9 Å². The van der Waals surface area contributed by atoms with E-state index in [9.17, 15) is 9.18 Å². The first-order chi connectivity index (χ1) is 11.9.